The fourth-order valence-electron chi connectivity index (χ4n) is 0. The van der Waals surface area contributed by atoms with Crippen LogP contribution in [0.5, 0.6) is 0 Å². The molecule has 6 nitrogen and oxygen atoms in total. The van der Waals surface area contributed by atoms with Crippen molar-refractivity contribution in [1.29, 1.82) is 15.8 Å². The maximum Gasteiger partial charge on any atom is 0.0587 e. The van der Waals surface area contributed by atoms with E-state index in [2.05, 4.69) is 0 Å². The minimum atomic E-state index is 1.00. The van der Waals surface area contributed by atoms with Crippen LogP contribution in [-0.4, -0.2) is 36.6 Å². The Labute approximate surface area is 92.2 Å². The smallest absolute Gasteiger partial charge is 0.0587 e. The zero-order valence-corrected chi connectivity index (χ0v) is 10.2. The summed E-state index contributed by atoms with van der Waals surface area (Å²) in [6.45, 7) is 4.29. The van der Waals surface area contributed by atoms with Gasteiger partial charge in [-0.05, 0) is 0 Å². The van der Waals surface area contributed by atoms with E-state index in [1.165, 1.54) is 20.8 Å². The molecule has 0 atom stereocenters. The minimum Gasteiger partial charge on any atom is -0.400 e. The van der Waals surface area contributed by atoms with E-state index in [4.69, 9.17) is 31.1 Å². The van der Waals surface area contributed by atoms with Crippen LogP contribution in [0.1, 0.15) is 20.8 Å². The third kappa shape index (κ3) is 486. The molecule has 3 N–H and O–H groups in total. The number of aliphatic hydroxyl groups is 3. The Hall–Kier alpha value is -1.65. The molecule has 6 heteroatoms. The van der Waals surface area contributed by atoms with Crippen molar-refractivity contribution in [2.75, 3.05) is 21.3 Å². The molecule has 0 aliphatic rings. The van der Waals surface area contributed by atoms with Crippen LogP contribution >= 0.6 is 0 Å². The molecule has 0 fully saturated rings. The summed E-state index contributed by atoms with van der Waals surface area (Å²) in [6.07, 6.45) is 0. The molecule has 0 aromatic heterocycles. The molecule has 0 heterocycles. The van der Waals surface area contributed by atoms with Gasteiger partial charge < -0.3 is 15.3 Å². The predicted octanol–water partition coefficient (Wildman–Crippen LogP) is 0.415. The highest BCUT2D eigenvalue weighted by Gasteiger charge is 1.18. The monoisotopic (exact) mass is 219 g/mol. The van der Waals surface area contributed by atoms with Crippen molar-refractivity contribution < 1.29 is 15.3 Å². The van der Waals surface area contributed by atoms with Crippen molar-refractivity contribution >= 4 is 0 Å². The van der Waals surface area contributed by atoms with Crippen molar-refractivity contribution in [3.8, 4) is 18.2 Å². The lowest BCUT2D eigenvalue weighted by Crippen LogP contribution is -1.25. The molecule has 0 bridgehead atoms. The molecule has 0 saturated heterocycles. The molecule has 0 unspecified atom stereocenters. The third-order valence-electron chi connectivity index (χ3n) is 0. The van der Waals surface area contributed by atoms with Crippen molar-refractivity contribution in [2.24, 2.45) is 0 Å². The van der Waals surface area contributed by atoms with Gasteiger partial charge in [-0.3, -0.25) is 0 Å². The average molecular weight is 219 g/mol. The second kappa shape index (κ2) is 873. The lowest BCUT2D eigenvalue weighted by atomic mass is 11.0. The van der Waals surface area contributed by atoms with Gasteiger partial charge in [0, 0.05) is 42.1 Å². The van der Waals surface area contributed by atoms with E-state index >= 15 is 0 Å². The first kappa shape index (κ1) is 37.7. The van der Waals surface area contributed by atoms with E-state index in [9.17, 15) is 0 Å². The number of rotatable bonds is 0. The van der Waals surface area contributed by atoms with Gasteiger partial charge in [0.1, 0.15) is 0 Å². The van der Waals surface area contributed by atoms with Crippen LogP contribution in [0.15, 0.2) is 0 Å². The summed E-state index contributed by atoms with van der Waals surface area (Å²) in [6, 6.07) is 5.25. The molecule has 0 spiro atoms. The molecule has 0 aliphatic carbocycles. The molecule has 15 heavy (non-hydrogen) atoms. The van der Waals surface area contributed by atoms with E-state index in [1.807, 2.05) is 0 Å². The summed E-state index contributed by atoms with van der Waals surface area (Å²) >= 11 is 0. The Bertz CT molecular complexity index is 114. The average Bonchev–Trinajstić information content (AvgIpc) is 2.29. The third-order valence-corrected chi connectivity index (χ3v) is 0. The number of aliphatic hydroxyl groups excluding tert-OH is 3. The Morgan fingerprint density at radius 2 is 0.533 bits per heavy atom. The minimum absolute atomic E-state index is 1.00. The van der Waals surface area contributed by atoms with Crippen molar-refractivity contribution in [3.63, 3.8) is 0 Å². The highest BCUT2D eigenvalue weighted by molar-refractivity contribution is 4.51. The van der Waals surface area contributed by atoms with Crippen LogP contribution in [0.3, 0.4) is 0 Å². The largest absolute Gasteiger partial charge is 0.400 e. The topological polar surface area (TPSA) is 132 Å². The van der Waals surface area contributed by atoms with Crippen molar-refractivity contribution in [3.05, 3.63) is 0 Å². The SMILES string of the molecule is CC#N.CC#N.CC#N.CO.CO.CO. The molecular formula is C9H21N3O3. The zero-order chi connectivity index (χ0) is 14.1. The number of nitrogens with zero attached hydrogens (tertiary/aromatic N) is 3. The number of nitriles is 3. The lowest BCUT2D eigenvalue weighted by Gasteiger charge is -1.21. The summed E-state index contributed by atoms with van der Waals surface area (Å²) in [5.74, 6) is 0. The van der Waals surface area contributed by atoms with E-state index in [1.54, 1.807) is 18.2 Å². The summed E-state index contributed by atoms with van der Waals surface area (Å²) < 4.78 is 0. The van der Waals surface area contributed by atoms with Crippen LogP contribution in [0.2, 0.25) is 0 Å². The first-order chi connectivity index (χ1) is 7.24. The second-order valence-electron chi connectivity index (χ2n) is 0.671. The fraction of sp³-hybridized carbons (Fsp3) is 0.667. The Balaban J connectivity index is -0.0000000164. The standard InChI is InChI=1S/3C2H3N.3CH4O/c3*1-2-3;3*1-2/h3*1H3;3*2H,1H3. The number of hydrogen-bond acceptors (Lipinski definition) is 6. The van der Waals surface area contributed by atoms with Crippen molar-refractivity contribution in [1.82, 2.24) is 0 Å². The molecule has 0 amide bonds. The van der Waals surface area contributed by atoms with Gasteiger partial charge in [-0.15, -0.1) is 0 Å². The van der Waals surface area contributed by atoms with Gasteiger partial charge in [-0.2, -0.15) is 15.8 Å². The molecule has 0 aliphatic heterocycles. The summed E-state index contributed by atoms with van der Waals surface area (Å²) in [5, 5.41) is 43.0. The Morgan fingerprint density at radius 1 is 0.533 bits per heavy atom. The van der Waals surface area contributed by atoms with Crippen LogP contribution in [0, 0.1) is 34.0 Å². The summed E-state index contributed by atoms with van der Waals surface area (Å²) in [4.78, 5) is 0. The fourth-order valence-corrected chi connectivity index (χ4v) is 0. The summed E-state index contributed by atoms with van der Waals surface area (Å²) in [5.41, 5.74) is 0. The van der Waals surface area contributed by atoms with E-state index in [-0.39, 0.29) is 0 Å². The first-order valence-electron chi connectivity index (χ1n) is 3.51. The highest BCUT2D eigenvalue weighted by atomic mass is 16.2. The molecule has 0 saturated carbocycles. The molecular weight excluding hydrogens is 198 g/mol. The van der Waals surface area contributed by atoms with Gasteiger partial charge in [0.25, 0.3) is 0 Å². The normalized spacial score (nSPS) is 2.80. The first-order valence-corrected chi connectivity index (χ1v) is 3.51. The van der Waals surface area contributed by atoms with Gasteiger partial charge in [0.2, 0.25) is 0 Å². The molecule has 0 aromatic carbocycles. The zero-order valence-electron chi connectivity index (χ0n) is 10.2. The predicted molar refractivity (Wildman–Crippen MR) is 58.3 cm³/mol. The second-order valence-corrected chi connectivity index (χ2v) is 0.671. The van der Waals surface area contributed by atoms with Crippen LogP contribution < -0.4 is 0 Å². The van der Waals surface area contributed by atoms with Crippen LogP contribution in [0.25, 0.3) is 0 Å². The van der Waals surface area contributed by atoms with Gasteiger partial charge in [0.05, 0.1) is 18.2 Å². The van der Waals surface area contributed by atoms with E-state index in [0.717, 1.165) is 21.3 Å². The van der Waals surface area contributed by atoms with Gasteiger partial charge in [0.15, 0.2) is 0 Å². The molecule has 0 aromatic rings. The quantitative estimate of drug-likeness (QED) is 0.540. The maximum atomic E-state index is 7.32. The van der Waals surface area contributed by atoms with E-state index in [0.29, 0.717) is 0 Å². The molecule has 90 valence electrons. The van der Waals surface area contributed by atoms with Crippen LogP contribution in [0.4, 0.5) is 0 Å². The Kier molecular flexibility index (Phi) is 2190. The highest BCUT2D eigenvalue weighted by Crippen LogP contribution is 1.22. The van der Waals surface area contributed by atoms with Crippen molar-refractivity contribution in [2.45, 2.75) is 20.8 Å². The van der Waals surface area contributed by atoms with Gasteiger partial charge in [-0.1, -0.05) is 0 Å². The number of hydrogen-bond donors (Lipinski definition) is 3. The molecule has 0 radical (unpaired) electrons. The lowest BCUT2D eigenvalue weighted by molar-refractivity contribution is 0.399. The van der Waals surface area contributed by atoms with E-state index < -0.39 is 0 Å². The van der Waals surface area contributed by atoms with Gasteiger partial charge >= 0.3 is 0 Å². The van der Waals surface area contributed by atoms with Crippen LogP contribution in [-0.2, 0) is 0 Å². The summed E-state index contributed by atoms with van der Waals surface area (Å²) in [7, 11) is 3.00. The maximum absolute atomic E-state index is 7.32. The van der Waals surface area contributed by atoms with Gasteiger partial charge in [-0.25, -0.2) is 0 Å². The Morgan fingerprint density at radius 3 is 0.533 bits per heavy atom. The molecule has 0 rings (SSSR count).